The van der Waals surface area contributed by atoms with Gasteiger partial charge in [0.2, 0.25) is 0 Å². The van der Waals surface area contributed by atoms with E-state index in [0.717, 1.165) is 5.56 Å². The highest BCUT2D eigenvalue weighted by molar-refractivity contribution is 6.67. The van der Waals surface area contributed by atoms with E-state index in [1.54, 1.807) is 0 Å². The zero-order valence-electron chi connectivity index (χ0n) is 10.4. The lowest BCUT2D eigenvalue weighted by Gasteiger charge is -2.34. The van der Waals surface area contributed by atoms with Gasteiger partial charge in [0.15, 0.2) is 4.33 Å². The molecule has 7 heteroatoms. The number of halogens is 7. The third-order valence-corrected chi connectivity index (χ3v) is 9.34. The van der Waals surface area contributed by atoms with Crippen molar-refractivity contribution in [1.82, 2.24) is 0 Å². The van der Waals surface area contributed by atoms with Gasteiger partial charge in [0.05, 0.1) is 15.4 Å². The molecule has 2 aliphatic rings. The van der Waals surface area contributed by atoms with Crippen molar-refractivity contribution in [2.45, 2.75) is 25.9 Å². The van der Waals surface area contributed by atoms with Crippen molar-refractivity contribution in [3.8, 4) is 0 Å². The molecule has 0 amide bonds. The Morgan fingerprint density at radius 2 is 1.38 bits per heavy atom. The second-order valence-corrected chi connectivity index (χ2v) is 9.07. The highest BCUT2D eigenvalue weighted by Crippen LogP contribution is 2.75. The van der Waals surface area contributed by atoms with Crippen LogP contribution in [-0.2, 0) is 6.42 Å². The summed E-state index contributed by atoms with van der Waals surface area (Å²) in [5.74, 6) is -0.342. The molecule has 0 radical (unpaired) electrons. The molecule has 3 rings (SSSR count). The molecule has 2 aliphatic carbocycles. The summed E-state index contributed by atoms with van der Waals surface area (Å²) in [6.07, 6.45) is 0.550. The van der Waals surface area contributed by atoms with Gasteiger partial charge in [0.25, 0.3) is 0 Å². The number of allylic oxidation sites excluding steroid dienone is 2. The standard InChI is InChI=1S/C14H9Cl7/c15-9-8(6-7-4-2-1-3-5-7)12(18)10(16)11(17)13(9,19)14(12,20)21/h1-5,8-9H,6H2. The highest BCUT2D eigenvalue weighted by atomic mass is 35.5. The van der Waals surface area contributed by atoms with Crippen LogP contribution in [0.15, 0.2) is 40.4 Å². The van der Waals surface area contributed by atoms with Crippen molar-refractivity contribution in [3.05, 3.63) is 46.0 Å². The van der Waals surface area contributed by atoms with E-state index in [2.05, 4.69) is 0 Å². The van der Waals surface area contributed by atoms with E-state index in [4.69, 9.17) is 81.2 Å². The predicted molar refractivity (Wildman–Crippen MR) is 93.6 cm³/mol. The van der Waals surface area contributed by atoms with E-state index < -0.39 is 19.5 Å². The number of fused-ring (bicyclic) bond motifs is 2. The minimum absolute atomic E-state index is 0.134. The lowest BCUT2D eigenvalue weighted by atomic mass is 9.86. The fourth-order valence-electron chi connectivity index (χ4n) is 3.14. The number of hydrogen-bond donors (Lipinski definition) is 0. The molecule has 1 aromatic rings. The second kappa shape index (κ2) is 5.24. The topological polar surface area (TPSA) is 0 Å². The minimum atomic E-state index is -1.58. The summed E-state index contributed by atoms with van der Waals surface area (Å²) < 4.78 is -1.58. The summed E-state index contributed by atoms with van der Waals surface area (Å²) in [6.45, 7) is 0. The molecule has 0 nitrogen and oxygen atoms in total. The normalized spacial score (nSPS) is 40.9. The van der Waals surface area contributed by atoms with Gasteiger partial charge >= 0.3 is 0 Å². The summed E-state index contributed by atoms with van der Waals surface area (Å²) in [7, 11) is 0. The number of hydrogen-bond acceptors (Lipinski definition) is 0. The van der Waals surface area contributed by atoms with E-state index >= 15 is 0 Å². The molecule has 0 spiro atoms. The summed E-state index contributed by atoms with van der Waals surface area (Å²) in [6, 6.07) is 9.74. The number of alkyl halides is 5. The molecular formula is C14H9Cl7. The van der Waals surface area contributed by atoms with Crippen molar-refractivity contribution >= 4 is 81.2 Å². The molecule has 21 heavy (non-hydrogen) atoms. The Morgan fingerprint density at radius 3 is 1.90 bits per heavy atom. The maximum atomic E-state index is 6.73. The molecular weight excluding hydrogens is 416 g/mol. The molecule has 0 aromatic heterocycles. The molecule has 0 aliphatic heterocycles. The van der Waals surface area contributed by atoms with Crippen LogP contribution in [0.3, 0.4) is 0 Å². The molecule has 0 saturated heterocycles. The molecule has 4 unspecified atom stereocenters. The Hall–Kier alpha value is 0.990. The van der Waals surface area contributed by atoms with Gasteiger partial charge in [-0.3, -0.25) is 0 Å². The van der Waals surface area contributed by atoms with Gasteiger partial charge in [-0.25, -0.2) is 0 Å². The van der Waals surface area contributed by atoms with E-state index in [0.29, 0.717) is 6.42 Å². The fraction of sp³-hybridized carbons (Fsp3) is 0.429. The predicted octanol–water partition coefficient (Wildman–Crippen LogP) is 6.30. The van der Waals surface area contributed by atoms with Crippen LogP contribution in [0.1, 0.15) is 5.56 Å². The monoisotopic (exact) mass is 422 g/mol. The van der Waals surface area contributed by atoms with E-state index in [9.17, 15) is 0 Å². The van der Waals surface area contributed by atoms with Crippen LogP contribution in [0.25, 0.3) is 0 Å². The molecule has 2 bridgehead atoms. The summed E-state index contributed by atoms with van der Waals surface area (Å²) in [5.41, 5.74) is 1.05. The second-order valence-electron chi connectivity index (χ2n) is 5.32. The zero-order chi connectivity index (χ0) is 15.6. The smallest absolute Gasteiger partial charge is 0.120 e. The summed E-state index contributed by atoms with van der Waals surface area (Å²) in [5, 5.41) is -0.319. The lowest BCUT2D eigenvalue weighted by molar-refractivity contribution is 0.467. The maximum Gasteiger partial charge on any atom is 0.168 e. The number of rotatable bonds is 2. The quantitative estimate of drug-likeness (QED) is 0.488. The van der Waals surface area contributed by atoms with Crippen molar-refractivity contribution in [3.63, 3.8) is 0 Å². The molecule has 114 valence electrons. The first kappa shape index (κ1) is 16.8. The average molecular weight is 425 g/mol. The minimum Gasteiger partial charge on any atom is -0.120 e. The van der Waals surface area contributed by atoms with Crippen LogP contribution in [0, 0.1) is 5.92 Å². The van der Waals surface area contributed by atoms with Gasteiger partial charge < -0.3 is 0 Å². The van der Waals surface area contributed by atoms with Crippen LogP contribution in [0.4, 0.5) is 0 Å². The summed E-state index contributed by atoms with van der Waals surface area (Å²) >= 11 is 45.3. The lowest BCUT2D eigenvalue weighted by Crippen LogP contribution is -2.45. The SMILES string of the molecule is ClC1=C(Cl)C2(Cl)C(Cc3ccccc3)C(Cl)C1(Cl)C2(Cl)Cl. The van der Waals surface area contributed by atoms with Crippen molar-refractivity contribution in [2.24, 2.45) is 5.92 Å². The van der Waals surface area contributed by atoms with Crippen LogP contribution in [-0.4, -0.2) is 19.5 Å². The zero-order valence-corrected chi connectivity index (χ0v) is 15.7. The van der Waals surface area contributed by atoms with E-state index in [1.165, 1.54) is 0 Å². The molecule has 1 aromatic carbocycles. The third kappa shape index (κ3) is 1.91. The van der Waals surface area contributed by atoms with Crippen LogP contribution in [0.2, 0.25) is 0 Å². The average Bonchev–Trinajstić information content (AvgIpc) is 2.64. The van der Waals surface area contributed by atoms with Gasteiger partial charge in [0.1, 0.15) is 9.75 Å². The highest BCUT2D eigenvalue weighted by Gasteiger charge is 2.81. The fourth-order valence-corrected chi connectivity index (χ4v) is 6.84. The number of benzene rings is 1. The molecule has 1 fully saturated rings. The Bertz CT molecular complexity index is 611. The first-order valence-electron chi connectivity index (χ1n) is 6.19. The molecule has 4 atom stereocenters. The third-order valence-electron chi connectivity index (χ3n) is 4.29. The van der Waals surface area contributed by atoms with Crippen molar-refractivity contribution < 1.29 is 0 Å². The van der Waals surface area contributed by atoms with Gasteiger partial charge in [-0.2, -0.15) is 0 Å². The van der Waals surface area contributed by atoms with E-state index in [1.807, 2.05) is 30.3 Å². The Labute approximate surface area is 158 Å². The van der Waals surface area contributed by atoms with Crippen LogP contribution >= 0.6 is 81.2 Å². The van der Waals surface area contributed by atoms with Gasteiger partial charge in [0, 0.05) is 5.92 Å². The maximum absolute atomic E-state index is 6.73. The Balaban J connectivity index is 2.09. The molecule has 1 saturated carbocycles. The molecule has 0 N–H and O–H groups in total. The van der Waals surface area contributed by atoms with Gasteiger partial charge in [-0.05, 0) is 12.0 Å². The van der Waals surface area contributed by atoms with E-state index in [-0.39, 0.29) is 16.0 Å². The first-order chi connectivity index (χ1) is 9.69. The Morgan fingerprint density at radius 1 is 0.857 bits per heavy atom. The Kier molecular flexibility index (Phi) is 4.20. The molecule has 0 heterocycles. The van der Waals surface area contributed by atoms with Crippen LogP contribution in [0.5, 0.6) is 0 Å². The largest absolute Gasteiger partial charge is 0.168 e. The van der Waals surface area contributed by atoms with Crippen molar-refractivity contribution in [2.75, 3.05) is 0 Å². The van der Waals surface area contributed by atoms with Gasteiger partial charge in [-0.1, -0.05) is 76.7 Å². The van der Waals surface area contributed by atoms with Crippen LogP contribution < -0.4 is 0 Å². The summed E-state index contributed by atoms with van der Waals surface area (Å²) in [4.78, 5) is -2.70. The first-order valence-corrected chi connectivity index (χ1v) is 8.89. The van der Waals surface area contributed by atoms with Crippen molar-refractivity contribution in [1.29, 1.82) is 0 Å². The van der Waals surface area contributed by atoms with Gasteiger partial charge in [-0.15, -0.1) is 34.8 Å².